The number of hydrogen-bond acceptors (Lipinski definition) is 21. The number of carbonyl (C=O) groups is 17. The van der Waals surface area contributed by atoms with Crippen molar-refractivity contribution in [3.8, 4) is 5.75 Å². The van der Waals surface area contributed by atoms with Gasteiger partial charge >= 0.3 is 0 Å². The van der Waals surface area contributed by atoms with Gasteiger partial charge in [0.25, 0.3) is 0 Å². The number of unbranched alkanes of at least 4 members (excludes halogenated alkanes) is 1. The van der Waals surface area contributed by atoms with Crippen LogP contribution in [0.3, 0.4) is 0 Å². The highest BCUT2D eigenvalue weighted by atomic mass is 32.1. The lowest BCUT2D eigenvalue weighted by Gasteiger charge is -2.33. The number of nitrogens with one attached hydrogen (secondary N) is 14. The second kappa shape index (κ2) is 47.1. The molecule has 1 aromatic heterocycles. The van der Waals surface area contributed by atoms with Crippen molar-refractivity contribution in [2.45, 2.75) is 228 Å². The number of ether oxygens (including phenoxy) is 1. The van der Waals surface area contributed by atoms with Gasteiger partial charge in [0.1, 0.15) is 72.2 Å². The Morgan fingerprint density at radius 2 is 0.875 bits per heavy atom. The summed E-state index contributed by atoms with van der Waals surface area (Å²) in [5.74, 6) is -15.8. The van der Waals surface area contributed by atoms with E-state index in [4.69, 9.17) is 40.3 Å². The number of amides is 17. The Labute approximate surface area is 705 Å². The van der Waals surface area contributed by atoms with E-state index in [2.05, 4.69) is 86.7 Å². The van der Waals surface area contributed by atoms with Crippen molar-refractivity contribution in [1.29, 1.82) is 0 Å². The first-order valence-corrected chi connectivity index (χ1v) is 40.0. The summed E-state index contributed by atoms with van der Waals surface area (Å²) in [6.07, 6.45) is -3.47. The third kappa shape index (κ3) is 33.1. The number of aliphatic hydroxyl groups is 1. The second-order valence-electron chi connectivity index (χ2n) is 30.9. The fraction of sp³-hybridized carbons (Fsp3) is 0.494. The molecule has 23 N–H and O–H groups in total. The summed E-state index contributed by atoms with van der Waals surface area (Å²) < 4.78 is 2.56. The number of aliphatic hydroxyl groups excluding tert-OH is 1. The monoisotopic (exact) mass is 1710 g/mol. The van der Waals surface area contributed by atoms with E-state index in [9.17, 15) is 62.6 Å². The maximum Gasteiger partial charge on any atom is 0.245 e. The molecule has 0 spiro atoms. The Hall–Kier alpha value is -11.9. The number of H-pyrrole nitrogens is 1. The van der Waals surface area contributed by atoms with Gasteiger partial charge in [0.05, 0.1) is 26.1 Å². The van der Waals surface area contributed by atoms with Gasteiger partial charge in [0, 0.05) is 85.6 Å². The van der Waals surface area contributed by atoms with Crippen molar-refractivity contribution in [3.05, 3.63) is 114 Å². The first-order chi connectivity index (χ1) is 56.3. The highest BCUT2D eigenvalue weighted by Crippen LogP contribution is 2.25. The minimum atomic E-state index is -1.96. The summed E-state index contributed by atoms with van der Waals surface area (Å²) in [5, 5.41) is 46.6. The maximum absolute atomic E-state index is 15.5. The lowest BCUT2D eigenvalue weighted by molar-refractivity contribution is -0.137. The number of hydrogen-bond donors (Lipinski definition) is 21. The number of para-hydroxylation sites is 1. The summed E-state index contributed by atoms with van der Waals surface area (Å²) in [6.45, 7) is 13.0. The Balaban J connectivity index is 1.54. The van der Waals surface area contributed by atoms with Crippen LogP contribution in [0, 0.1) is 5.92 Å². The molecule has 5 aromatic rings. The largest absolute Gasteiger partial charge is 0.497 e. The molecule has 17 amide bonds. The minimum absolute atomic E-state index is 0.0488. The number of aromatic amines is 1. The van der Waals surface area contributed by atoms with E-state index in [1.165, 1.54) is 47.9 Å². The standard InChI is InChI=1S/C81H114N18O19S2/c1-42(2)22-29-55(71(109)90-54(21-15-16-33-86-44(4)101)70(108)94-60(39-64(84)105)69(107)87-34-32-63(83)104)91-73(111)58(37-47-23-26-48-17-11-12-18-49(48)35-47)93-74(112)57(36-46-24-27-51(118-10)28-25-46)96-79(117)68(81(8,9)120)99-72(110)56(30-31-62(82)103)92-75(113)59(38-50-41-88-53-20-14-13-19-52(50)53)95-77(115)66(43(3)100)98-76(114)61(40-65(85)106)97-78(116)67(80(6,7)119)89-45(5)102/h11-14,17-20,23-28,35,41-43,54-61,66-68,88,100,119-120H,15-16,21-22,29-34,36-40H2,1-10H3,(H2,82,103)(H2,83,104)(H2,84,105)(H2,85,106)(H,86,101)(H,87,107)(H,89,102)(H,90,109)(H,91,111)(H,92,113)(H,93,112)(H,94,108)(H,95,115)(H,96,117)(H,97,116)(H,98,114)(H,99,110)/t43-,54+,55+,56+,57+,58+,59+,60+,61+,66+,67-,68-/m1/s1. The topological polar surface area (TPSA) is 596 Å². The summed E-state index contributed by atoms with van der Waals surface area (Å²) in [4.78, 5) is 237. The molecular formula is C81H114N18O19S2. The van der Waals surface area contributed by atoms with Gasteiger partial charge in [-0.15, -0.1) is 0 Å². The molecule has 0 aliphatic carbocycles. The van der Waals surface area contributed by atoms with Crippen molar-refractivity contribution in [3.63, 3.8) is 0 Å². The van der Waals surface area contributed by atoms with Crippen molar-refractivity contribution >= 4 is 147 Å². The Morgan fingerprint density at radius 1 is 0.425 bits per heavy atom. The van der Waals surface area contributed by atoms with Gasteiger partial charge < -0.3 is 107 Å². The number of fused-ring (bicyclic) bond motifs is 2. The lowest BCUT2D eigenvalue weighted by Crippen LogP contribution is -2.64. The molecule has 1 heterocycles. The van der Waals surface area contributed by atoms with Gasteiger partial charge in [0.15, 0.2) is 0 Å². The van der Waals surface area contributed by atoms with E-state index in [1.807, 2.05) is 32.0 Å². The van der Waals surface area contributed by atoms with Crippen LogP contribution in [0.5, 0.6) is 5.75 Å². The minimum Gasteiger partial charge on any atom is -0.497 e. The van der Waals surface area contributed by atoms with E-state index >= 15 is 24.0 Å². The highest BCUT2D eigenvalue weighted by Gasteiger charge is 2.42. The van der Waals surface area contributed by atoms with E-state index < -0.39 is 202 Å². The van der Waals surface area contributed by atoms with Crippen LogP contribution in [0.1, 0.15) is 143 Å². The first-order valence-electron chi connectivity index (χ1n) is 39.1. The van der Waals surface area contributed by atoms with Gasteiger partial charge in [-0.2, -0.15) is 25.3 Å². The van der Waals surface area contributed by atoms with Crippen LogP contribution in [0.25, 0.3) is 21.7 Å². The van der Waals surface area contributed by atoms with Gasteiger partial charge in [-0.1, -0.05) is 86.6 Å². The molecule has 0 unspecified atom stereocenters. The fourth-order valence-electron chi connectivity index (χ4n) is 12.7. The van der Waals surface area contributed by atoms with Crippen LogP contribution in [-0.4, -0.2) is 213 Å². The van der Waals surface area contributed by atoms with E-state index in [0.29, 0.717) is 46.2 Å². The third-order valence-electron chi connectivity index (χ3n) is 19.1. The Bertz CT molecular complexity index is 4490. The second-order valence-corrected chi connectivity index (χ2v) is 33.2. The molecule has 4 aromatic carbocycles. The molecule has 0 aliphatic heterocycles. The zero-order valence-electron chi connectivity index (χ0n) is 68.8. The molecular weight excluding hydrogens is 1590 g/mol. The van der Waals surface area contributed by atoms with Crippen LogP contribution in [0.2, 0.25) is 0 Å². The average molecular weight is 1710 g/mol. The fourth-order valence-corrected chi connectivity index (χ4v) is 13.1. The van der Waals surface area contributed by atoms with Crippen LogP contribution >= 0.6 is 25.3 Å². The van der Waals surface area contributed by atoms with Crippen molar-refractivity contribution in [2.24, 2.45) is 28.9 Å². The number of aromatic nitrogens is 1. The summed E-state index contributed by atoms with van der Waals surface area (Å²) in [7, 11) is 1.43. The number of nitrogens with two attached hydrogens (primary N) is 4. The number of methoxy groups -OCH3 is 1. The molecule has 37 nitrogen and oxygen atoms in total. The number of benzene rings is 4. The van der Waals surface area contributed by atoms with Gasteiger partial charge in [-0.25, -0.2) is 0 Å². The quantitative estimate of drug-likeness (QED) is 0.0152. The molecule has 39 heteroatoms. The third-order valence-corrected chi connectivity index (χ3v) is 19.7. The number of primary amides is 4. The Morgan fingerprint density at radius 3 is 1.41 bits per heavy atom. The smallest absolute Gasteiger partial charge is 0.245 e. The van der Waals surface area contributed by atoms with E-state index in [0.717, 1.165) is 24.6 Å². The van der Waals surface area contributed by atoms with Crippen molar-refractivity contribution in [2.75, 3.05) is 20.2 Å². The van der Waals surface area contributed by atoms with Gasteiger partial charge in [-0.05, 0) is 125 Å². The SMILES string of the molecule is COc1ccc(C[C@H](NC(=O)[C@@H](NC(=O)[C@H](CCC(N)=O)NC(=O)[C@H](Cc2c[nH]c3ccccc23)NC(=O)[C@@H](NC(=O)[C@H](CC(N)=O)NC(=O)[C@@H](NC(C)=O)C(C)(C)S)[C@@H](C)O)C(C)(C)S)C(=O)N[C@@H](Cc2ccc3ccccc3c2)C(=O)N[C@@H](CCC(C)C)C(=O)N[C@@H](CCCCNC(C)=O)C(=O)N[C@@H](CC(N)=O)C(=O)NCCC(N)=O)cc1. The number of rotatable bonds is 50. The summed E-state index contributed by atoms with van der Waals surface area (Å²) >= 11 is 9.15. The zero-order valence-corrected chi connectivity index (χ0v) is 70.6. The number of thiol groups is 2. The predicted octanol–water partition coefficient (Wildman–Crippen LogP) is -1.74. The van der Waals surface area contributed by atoms with Crippen LogP contribution in [-0.2, 0) is 101 Å². The molecule has 0 fully saturated rings. The predicted molar refractivity (Wildman–Crippen MR) is 451 cm³/mol. The molecule has 0 saturated heterocycles. The lowest BCUT2D eigenvalue weighted by atomic mass is 9.97. The molecule has 120 heavy (non-hydrogen) atoms. The Kier molecular flexibility index (Phi) is 38.7. The summed E-state index contributed by atoms with van der Waals surface area (Å²) in [6, 6.07) is 7.61. The summed E-state index contributed by atoms with van der Waals surface area (Å²) in [5.41, 5.74) is 23.8. The van der Waals surface area contributed by atoms with Crippen LogP contribution in [0.4, 0.5) is 0 Å². The van der Waals surface area contributed by atoms with Gasteiger partial charge in [0.2, 0.25) is 100 Å². The molecule has 5 rings (SSSR count). The van der Waals surface area contributed by atoms with Gasteiger partial charge in [-0.3, -0.25) is 81.5 Å². The molecule has 0 aliphatic rings. The molecule has 0 bridgehead atoms. The number of carbonyl (C=O) groups excluding carboxylic acids is 17. The first kappa shape index (κ1) is 98.7. The van der Waals surface area contributed by atoms with E-state index in [-0.39, 0.29) is 69.9 Å². The van der Waals surface area contributed by atoms with Crippen molar-refractivity contribution in [1.82, 2.24) is 74.1 Å². The molecule has 0 saturated carbocycles. The van der Waals surface area contributed by atoms with Crippen LogP contribution < -0.4 is 96.8 Å². The van der Waals surface area contributed by atoms with E-state index in [1.54, 1.807) is 72.8 Å². The zero-order chi connectivity index (χ0) is 89.5. The normalized spacial score (nSPS) is 14.4. The maximum atomic E-state index is 15.5. The van der Waals surface area contributed by atoms with Crippen LogP contribution in [0.15, 0.2) is 97.2 Å². The molecule has 12 atom stereocenters. The average Bonchev–Trinajstić information content (AvgIpc) is 1.58. The highest BCUT2D eigenvalue weighted by molar-refractivity contribution is 7.82. The molecule has 654 valence electrons. The molecule has 0 radical (unpaired) electrons. The van der Waals surface area contributed by atoms with Crippen molar-refractivity contribution < 1.29 is 91.4 Å².